The molecule has 1 unspecified atom stereocenters. The molecule has 1 atom stereocenters. The molecule has 0 amide bonds. The highest BCUT2D eigenvalue weighted by molar-refractivity contribution is 9.10. The average Bonchev–Trinajstić information content (AvgIpc) is 2.38. The highest BCUT2D eigenvalue weighted by Gasteiger charge is 2.07. The Morgan fingerprint density at radius 2 is 2.00 bits per heavy atom. The maximum absolute atomic E-state index is 5.75. The van der Waals surface area contributed by atoms with Crippen LogP contribution in [0.2, 0.25) is 0 Å². The third kappa shape index (κ3) is 2.85. The standard InChI is InChI=1S/C14H16BrNO/c1-3-10(2)17-9-14-12-7-5-4-6-11(12)13(15)8-16-14/h4-8,10H,3,9H2,1-2H3. The summed E-state index contributed by atoms with van der Waals surface area (Å²) in [5, 5.41) is 2.34. The third-order valence-corrected chi connectivity index (χ3v) is 3.54. The van der Waals surface area contributed by atoms with E-state index in [1.165, 1.54) is 5.39 Å². The minimum Gasteiger partial charge on any atom is -0.372 e. The van der Waals surface area contributed by atoms with Gasteiger partial charge in [-0.1, -0.05) is 31.2 Å². The lowest BCUT2D eigenvalue weighted by atomic mass is 10.1. The number of nitrogens with zero attached hydrogens (tertiary/aromatic N) is 1. The molecular formula is C14H16BrNO. The van der Waals surface area contributed by atoms with Crippen LogP contribution in [0.1, 0.15) is 26.0 Å². The largest absolute Gasteiger partial charge is 0.372 e. The first-order valence-electron chi connectivity index (χ1n) is 5.86. The second-order valence-electron chi connectivity index (χ2n) is 4.13. The number of aromatic nitrogens is 1. The van der Waals surface area contributed by atoms with Gasteiger partial charge in [0, 0.05) is 16.1 Å². The summed E-state index contributed by atoms with van der Waals surface area (Å²) >= 11 is 3.52. The molecule has 2 rings (SSSR count). The maximum Gasteiger partial charge on any atom is 0.0897 e. The number of fused-ring (bicyclic) bond motifs is 1. The van der Waals surface area contributed by atoms with Crippen molar-refractivity contribution in [2.24, 2.45) is 0 Å². The van der Waals surface area contributed by atoms with Crippen LogP contribution in [0.3, 0.4) is 0 Å². The quantitative estimate of drug-likeness (QED) is 0.838. The summed E-state index contributed by atoms with van der Waals surface area (Å²) in [7, 11) is 0. The summed E-state index contributed by atoms with van der Waals surface area (Å²) < 4.78 is 6.78. The Morgan fingerprint density at radius 1 is 1.29 bits per heavy atom. The third-order valence-electron chi connectivity index (χ3n) is 2.91. The molecule has 1 heterocycles. The van der Waals surface area contributed by atoms with Crippen molar-refractivity contribution in [1.29, 1.82) is 0 Å². The Hall–Kier alpha value is -0.930. The molecule has 0 saturated carbocycles. The van der Waals surface area contributed by atoms with Crippen LogP contribution >= 0.6 is 15.9 Å². The van der Waals surface area contributed by atoms with Crippen LogP contribution in [0, 0.1) is 0 Å². The first-order valence-corrected chi connectivity index (χ1v) is 6.65. The van der Waals surface area contributed by atoms with Crippen molar-refractivity contribution >= 4 is 26.7 Å². The van der Waals surface area contributed by atoms with E-state index in [0.29, 0.717) is 6.61 Å². The van der Waals surface area contributed by atoms with Crippen molar-refractivity contribution in [3.05, 3.63) is 40.6 Å². The minimum atomic E-state index is 0.277. The number of hydrogen-bond acceptors (Lipinski definition) is 2. The number of halogens is 1. The zero-order valence-electron chi connectivity index (χ0n) is 10.1. The van der Waals surface area contributed by atoms with Gasteiger partial charge in [0.25, 0.3) is 0 Å². The van der Waals surface area contributed by atoms with Gasteiger partial charge in [-0.05, 0) is 34.7 Å². The fraction of sp³-hybridized carbons (Fsp3) is 0.357. The number of benzene rings is 1. The van der Waals surface area contributed by atoms with E-state index in [1.807, 2.05) is 18.3 Å². The van der Waals surface area contributed by atoms with Crippen molar-refractivity contribution in [3.8, 4) is 0 Å². The molecule has 0 fully saturated rings. The van der Waals surface area contributed by atoms with E-state index < -0.39 is 0 Å². The van der Waals surface area contributed by atoms with Gasteiger partial charge in [0.2, 0.25) is 0 Å². The summed E-state index contributed by atoms with van der Waals surface area (Å²) in [4.78, 5) is 4.44. The maximum atomic E-state index is 5.75. The van der Waals surface area contributed by atoms with E-state index in [9.17, 15) is 0 Å². The Kier molecular flexibility index (Phi) is 4.13. The van der Waals surface area contributed by atoms with E-state index in [4.69, 9.17) is 4.74 Å². The lowest BCUT2D eigenvalue weighted by molar-refractivity contribution is 0.0496. The van der Waals surface area contributed by atoms with E-state index >= 15 is 0 Å². The highest BCUT2D eigenvalue weighted by atomic mass is 79.9. The van der Waals surface area contributed by atoms with Gasteiger partial charge in [-0.25, -0.2) is 0 Å². The van der Waals surface area contributed by atoms with Crippen molar-refractivity contribution < 1.29 is 4.74 Å². The van der Waals surface area contributed by atoms with E-state index in [-0.39, 0.29) is 6.10 Å². The smallest absolute Gasteiger partial charge is 0.0897 e. The van der Waals surface area contributed by atoms with Gasteiger partial charge in [-0.15, -0.1) is 0 Å². The molecule has 0 N–H and O–H groups in total. The van der Waals surface area contributed by atoms with E-state index in [1.54, 1.807) is 0 Å². The Balaban J connectivity index is 2.32. The lowest BCUT2D eigenvalue weighted by Gasteiger charge is -2.12. The van der Waals surface area contributed by atoms with Crippen molar-refractivity contribution in [3.63, 3.8) is 0 Å². The topological polar surface area (TPSA) is 22.1 Å². The molecular weight excluding hydrogens is 278 g/mol. The zero-order valence-corrected chi connectivity index (χ0v) is 11.7. The molecule has 0 aliphatic heterocycles. The molecule has 0 aliphatic carbocycles. The highest BCUT2D eigenvalue weighted by Crippen LogP contribution is 2.25. The lowest BCUT2D eigenvalue weighted by Crippen LogP contribution is -2.07. The molecule has 1 aromatic carbocycles. The number of rotatable bonds is 4. The average molecular weight is 294 g/mol. The molecule has 0 aliphatic rings. The van der Waals surface area contributed by atoms with Gasteiger partial charge in [-0.2, -0.15) is 0 Å². The number of ether oxygens (including phenoxy) is 1. The molecule has 3 heteroatoms. The molecule has 1 aromatic heterocycles. The Bertz CT molecular complexity index is 513. The second kappa shape index (κ2) is 5.61. The van der Waals surface area contributed by atoms with E-state index in [0.717, 1.165) is 22.0 Å². The molecule has 17 heavy (non-hydrogen) atoms. The molecule has 2 nitrogen and oxygen atoms in total. The number of hydrogen-bond donors (Lipinski definition) is 0. The summed E-state index contributed by atoms with van der Waals surface area (Å²) in [5.74, 6) is 0. The van der Waals surface area contributed by atoms with Gasteiger partial charge >= 0.3 is 0 Å². The SMILES string of the molecule is CCC(C)OCc1ncc(Br)c2ccccc12. The van der Waals surface area contributed by atoms with Crippen LogP contribution < -0.4 is 0 Å². The van der Waals surface area contributed by atoms with Gasteiger partial charge < -0.3 is 4.74 Å². The minimum absolute atomic E-state index is 0.277. The Labute approximate surface area is 110 Å². The normalized spacial score (nSPS) is 12.9. The molecule has 2 aromatic rings. The van der Waals surface area contributed by atoms with Crippen LogP contribution in [-0.4, -0.2) is 11.1 Å². The van der Waals surface area contributed by atoms with Crippen molar-refractivity contribution in [2.75, 3.05) is 0 Å². The van der Waals surface area contributed by atoms with Crippen molar-refractivity contribution in [2.45, 2.75) is 33.0 Å². The molecule has 0 spiro atoms. The predicted molar refractivity (Wildman–Crippen MR) is 74.0 cm³/mol. The summed E-state index contributed by atoms with van der Waals surface area (Å²) in [5.41, 5.74) is 1.00. The second-order valence-corrected chi connectivity index (χ2v) is 4.98. The summed E-state index contributed by atoms with van der Waals surface area (Å²) in [6.45, 7) is 4.78. The fourth-order valence-electron chi connectivity index (χ4n) is 1.67. The first-order chi connectivity index (χ1) is 8.22. The first kappa shape index (κ1) is 12.5. The van der Waals surface area contributed by atoms with Crippen LogP contribution in [0.4, 0.5) is 0 Å². The molecule has 90 valence electrons. The summed E-state index contributed by atoms with van der Waals surface area (Å²) in [6.07, 6.45) is 3.14. The van der Waals surface area contributed by atoms with Gasteiger partial charge in [-0.3, -0.25) is 4.98 Å². The number of pyridine rings is 1. The zero-order chi connectivity index (χ0) is 12.3. The van der Waals surface area contributed by atoms with Gasteiger partial charge in [0.1, 0.15) is 0 Å². The van der Waals surface area contributed by atoms with Crippen molar-refractivity contribution in [1.82, 2.24) is 4.98 Å². The molecule has 0 bridgehead atoms. The van der Waals surface area contributed by atoms with Crippen LogP contribution in [0.15, 0.2) is 34.9 Å². The monoisotopic (exact) mass is 293 g/mol. The summed E-state index contributed by atoms with van der Waals surface area (Å²) in [6, 6.07) is 8.24. The molecule has 0 saturated heterocycles. The molecule has 0 radical (unpaired) electrons. The van der Waals surface area contributed by atoms with Gasteiger partial charge in [0.05, 0.1) is 18.4 Å². The van der Waals surface area contributed by atoms with Crippen LogP contribution in [0.5, 0.6) is 0 Å². The van der Waals surface area contributed by atoms with Gasteiger partial charge in [0.15, 0.2) is 0 Å². The van der Waals surface area contributed by atoms with Crippen LogP contribution in [-0.2, 0) is 11.3 Å². The fourth-order valence-corrected chi connectivity index (χ4v) is 2.12. The predicted octanol–water partition coefficient (Wildman–Crippen LogP) is 4.31. The van der Waals surface area contributed by atoms with Crippen LogP contribution in [0.25, 0.3) is 10.8 Å². The van der Waals surface area contributed by atoms with E-state index in [2.05, 4.69) is 46.9 Å². The Morgan fingerprint density at radius 3 is 2.71 bits per heavy atom.